The second kappa shape index (κ2) is 11.3. The first kappa shape index (κ1) is 24.0. The number of ether oxygens (including phenoxy) is 1. The predicted octanol–water partition coefficient (Wildman–Crippen LogP) is 4.67. The van der Waals surface area contributed by atoms with Crippen LogP contribution in [0.5, 0.6) is 5.75 Å². The number of rotatable bonds is 6. The van der Waals surface area contributed by atoms with Crippen LogP contribution in [0.1, 0.15) is 31.2 Å². The highest BCUT2D eigenvalue weighted by Gasteiger charge is 2.41. The third-order valence-corrected chi connectivity index (χ3v) is 6.26. The van der Waals surface area contributed by atoms with Gasteiger partial charge in [0.15, 0.2) is 0 Å². The number of hydrogen-bond acceptors (Lipinski definition) is 5. The molecular formula is C23H24Cl2N2O5. The normalized spacial score (nSPS) is 22.2. The SMILES string of the molecule is Clc1ccc(OC2CC3CCC(C2)N3Cc2ccncc2)cc1Cl.O=C(O)/C=C/C(=O)O. The molecule has 1 aromatic heterocycles. The summed E-state index contributed by atoms with van der Waals surface area (Å²) in [6.07, 6.45) is 9.78. The lowest BCUT2D eigenvalue weighted by Crippen LogP contribution is -2.45. The highest BCUT2D eigenvalue weighted by molar-refractivity contribution is 6.42. The zero-order chi connectivity index (χ0) is 23.1. The highest BCUT2D eigenvalue weighted by atomic mass is 35.5. The van der Waals surface area contributed by atoms with Crippen molar-refractivity contribution in [2.24, 2.45) is 0 Å². The minimum absolute atomic E-state index is 0.258. The van der Waals surface area contributed by atoms with E-state index >= 15 is 0 Å². The lowest BCUT2D eigenvalue weighted by Gasteiger charge is -2.39. The van der Waals surface area contributed by atoms with E-state index in [1.54, 1.807) is 6.07 Å². The number of nitrogens with zero attached hydrogens (tertiary/aromatic N) is 2. The van der Waals surface area contributed by atoms with Crippen LogP contribution in [0.4, 0.5) is 0 Å². The van der Waals surface area contributed by atoms with E-state index in [2.05, 4.69) is 22.0 Å². The molecule has 2 saturated heterocycles. The third-order valence-electron chi connectivity index (χ3n) is 5.52. The number of hydrogen-bond donors (Lipinski definition) is 2. The number of pyridine rings is 1. The van der Waals surface area contributed by atoms with Crippen molar-refractivity contribution < 1.29 is 24.5 Å². The Morgan fingerprint density at radius 3 is 2.12 bits per heavy atom. The molecule has 0 saturated carbocycles. The van der Waals surface area contributed by atoms with Gasteiger partial charge in [-0.2, -0.15) is 0 Å². The molecule has 2 aromatic rings. The molecular weight excluding hydrogens is 455 g/mol. The number of fused-ring (bicyclic) bond motifs is 2. The molecule has 0 aliphatic carbocycles. The lowest BCUT2D eigenvalue weighted by molar-refractivity contribution is -0.134. The van der Waals surface area contributed by atoms with Gasteiger partial charge in [0.1, 0.15) is 11.9 Å². The van der Waals surface area contributed by atoms with Crippen molar-refractivity contribution >= 4 is 35.1 Å². The number of benzene rings is 1. The van der Waals surface area contributed by atoms with Crippen molar-refractivity contribution in [1.82, 2.24) is 9.88 Å². The van der Waals surface area contributed by atoms with Gasteiger partial charge >= 0.3 is 11.9 Å². The summed E-state index contributed by atoms with van der Waals surface area (Å²) < 4.78 is 6.19. The van der Waals surface area contributed by atoms with Crippen LogP contribution in [0.15, 0.2) is 54.9 Å². The number of carboxylic acids is 2. The molecule has 3 heterocycles. The summed E-state index contributed by atoms with van der Waals surface area (Å²) >= 11 is 12.1. The fourth-order valence-corrected chi connectivity index (χ4v) is 4.45. The summed E-state index contributed by atoms with van der Waals surface area (Å²) in [6.45, 7) is 1.01. The average molecular weight is 479 g/mol. The van der Waals surface area contributed by atoms with Crippen LogP contribution in [0.25, 0.3) is 0 Å². The molecule has 170 valence electrons. The molecule has 2 N–H and O–H groups in total. The van der Waals surface area contributed by atoms with Crippen LogP contribution >= 0.6 is 23.2 Å². The zero-order valence-corrected chi connectivity index (χ0v) is 18.7. The van der Waals surface area contributed by atoms with Crippen molar-refractivity contribution in [2.75, 3.05) is 0 Å². The molecule has 0 radical (unpaired) electrons. The first-order chi connectivity index (χ1) is 15.3. The van der Waals surface area contributed by atoms with Gasteiger partial charge in [0, 0.05) is 49.2 Å². The second-order valence-corrected chi connectivity index (χ2v) is 8.52. The molecule has 0 amide bonds. The second-order valence-electron chi connectivity index (χ2n) is 7.71. The van der Waals surface area contributed by atoms with Crippen molar-refractivity contribution in [3.63, 3.8) is 0 Å². The average Bonchev–Trinajstić information content (AvgIpc) is 2.98. The first-order valence-corrected chi connectivity index (χ1v) is 11.0. The Morgan fingerprint density at radius 1 is 1.00 bits per heavy atom. The smallest absolute Gasteiger partial charge is 0.328 e. The van der Waals surface area contributed by atoms with E-state index in [1.165, 1.54) is 18.4 Å². The van der Waals surface area contributed by atoms with Crippen LogP contribution < -0.4 is 4.74 Å². The van der Waals surface area contributed by atoms with Gasteiger partial charge in [-0.05, 0) is 55.5 Å². The summed E-state index contributed by atoms with van der Waals surface area (Å²) in [5.74, 6) is -1.70. The molecule has 2 fully saturated rings. The van der Waals surface area contributed by atoms with E-state index in [0.29, 0.717) is 34.3 Å². The quantitative estimate of drug-likeness (QED) is 0.581. The van der Waals surface area contributed by atoms with Crippen LogP contribution in [0.2, 0.25) is 10.0 Å². The molecule has 0 spiro atoms. The molecule has 2 aliphatic rings. The van der Waals surface area contributed by atoms with E-state index in [9.17, 15) is 9.59 Å². The Hall–Kier alpha value is -2.61. The van der Waals surface area contributed by atoms with E-state index < -0.39 is 11.9 Å². The Balaban J connectivity index is 0.000000312. The van der Waals surface area contributed by atoms with Gasteiger partial charge in [0.05, 0.1) is 10.0 Å². The summed E-state index contributed by atoms with van der Waals surface area (Å²) in [7, 11) is 0. The predicted molar refractivity (Wildman–Crippen MR) is 121 cm³/mol. The van der Waals surface area contributed by atoms with E-state index in [1.807, 2.05) is 24.5 Å². The summed E-state index contributed by atoms with van der Waals surface area (Å²) in [4.78, 5) is 25.9. The standard InChI is InChI=1S/C19H20Cl2N2O.C4H4O4/c20-18-4-3-16(11-19(18)21)24-17-9-14-1-2-15(10-17)23(14)12-13-5-7-22-8-6-13;5-3(6)1-2-4(7)8/h3-8,11,14-15,17H,1-2,9-10,12H2;1-2H,(H,5,6)(H,7,8)/b;2-1+. The van der Waals surface area contributed by atoms with Gasteiger partial charge in [-0.1, -0.05) is 23.2 Å². The Labute approximate surface area is 196 Å². The monoisotopic (exact) mass is 478 g/mol. The lowest BCUT2D eigenvalue weighted by atomic mass is 9.99. The zero-order valence-electron chi connectivity index (χ0n) is 17.2. The molecule has 2 atom stereocenters. The largest absolute Gasteiger partial charge is 0.490 e. The van der Waals surface area contributed by atoms with Crippen molar-refractivity contribution in [1.29, 1.82) is 0 Å². The molecule has 4 rings (SSSR count). The number of piperidine rings is 1. The highest BCUT2D eigenvalue weighted by Crippen LogP contribution is 2.38. The van der Waals surface area contributed by atoms with Gasteiger partial charge in [-0.15, -0.1) is 0 Å². The van der Waals surface area contributed by atoms with Crippen molar-refractivity contribution in [3.05, 3.63) is 70.5 Å². The molecule has 9 heteroatoms. The summed E-state index contributed by atoms with van der Waals surface area (Å²) in [5.41, 5.74) is 1.34. The van der Waals surface area contributed by atoms with Crippen LogP contribution in [-0.4, -0.2) is 50.2 Å². The fourth-order valence-electron chi connectivity index (χ4n) is 4.16. The van der Waals surface area contributed by atoms with Crippen LogP contribution in [-0.2, 0) is 16.1 Å². The van der Waals surface area contributed by atoms with Crippen molar-refractivity contribution in [3.8, 4) is 5.75 Å². The Morgan fingerprint density at radius 2 is 1.59 bits per heavy atom. The first-order valence-electron chi connectivity index (χ1n) is 10.2. The summed E-state index contributed by atoms with van der Waals surface area (Å²) in [5, 5.41) is 16.7. The van der Waals surface area contributed by atoms with Gasteiger partial charge in [0.2, 0.25) is 0 Å². The van der Waals surface area contributed by atoms with Gasteiger partial charge in [-0.3, -0.25) is 9.88 Å². The minimum Gasteiger partial charge on any atom is -0.490 e. The number of carbonyl (C=O) groups is 2. The maximum absolute atomic E-state index is 9.55. The van der Waals surface area contributed by atoms with Crippen LogP contribution in [0.3, 0.4) is 0 Å². The van der Waals surface area contributed by atoms with E-state index in [4.69, 9.17) is 38.2 Å². The number of aliphatic carboxylic acids is 2. The van der Waals surface area contributed by atoms with Crippen molar-refractivity contribution in [2.45, 2.75) is 50.4 Å². The number of halogens is 2. The number of aromatic nitrogens is 1. The fraction of sp³-hybridized carbons (Fsp3) is 0.348. The molecule has 7 nitrogen and oxygen atoms in total. The topological polar surface area (TPSA) is 100.0 Å². The molecule has 1 aromatic carbocycles. The molecule has 2 aliphatic heterocycles. The van der Waals surface area contributed by atoms with Crippen LogP contribution in [0, 0.1) is 0 Å². The van der Waals surface area contributed by atoms with E-state index in [0.717, 1.165) is 25.1 Å². The third kappa shape index (κ3) is 6.95. The molecule has 2 unspecified atom stereocenters. The van der Waals surface area contributed by atoms with Gasteiger partial charge in [0.25, 0.3) is 0 Å². The maximum Gasteiger partial charge on any atom is 0.328 e. The maximum atomic E-state index is 9.55. The molecule has 2 bridgehead atoms. The van der Waals surface area contributed by atoms with Gasteiger partial charge in [-0.25, -0.2) is 9.59 Å². The van der Waals surface area contributed by atoms with Gasteiger partial charge < -0.3 is 14.9 Å². The summed E-state index contributed by atoms with van der Waals surface area (Å²) in [6, 6.07) is 10.9. The molecule has 32 heavy (non-hydrogen) atoms. The minimum atomic E-state index is -1.26. The van der Waals surface area contributed by atoms with E-state index in [-0.39, 0.29) is 6.10 Å². The Bertz CT molecular complexity index is 940. The number of carboxylic acid groups (broad SMARTS) is 2. The Kier molecular flexibility index (Phi) is 8.50.